The minimum atomic E-state index is -4.14. The zero-order chi connectivity index (χ0) is 18.0. The fourth-order valence-corrected chi connectivity index (χ4v) is 6.00. The average Bonchev–Trinajstić information content (AvgIpc) is 2.94. The summed E-state index contributed by atoms with van der Waals surface area (Å²) in [5.74, 6) is 0. The van der Waals surface area contributed by atoms with Crippen LogP contribution in [0.2, 0.25) is 0 Å². The molecule has 1 heterocycles. The van der Waals surface area contributed by atoms with E-state index in [1.54, 1.807) is 32.8 Å². The van der Waals surface area contributed by atoms with Gasteiger partial charge in [0.1, 0.15) is 3.82 Å². The summed E-state index contributed by atoms with van der Waals surface area (Å²) in [5, 5.41) is 0. The molecule has 0 bridgehead atoms. The molecule has 0 amide bonds. The van der Waals surface area contributed by atoms with Crippen molar-refractivity contribution in [2.45, 2.75) is 24.7 Å². The van der Waals surface area contributed by atoms with E-state index in [0.29, 0.717) is 0 Å². The number of hydrogen-bond donors (Lipinski definition) is 1. The monoisotopic (exact) mass is 408 g/mol. The van der Waals surface area contributed by atoms with Crippen LogP contribution in [-0.2, 0) is 23.0 Å². The van der Waals surface area contributed by atoms with Gasteiger partial charge in [0.15, 0.2) is 0 Å². The summed E-state index contributed by atoms with van der Waals surface area (Å²) in [5.41, 5.74) is 4.59. The molecule has 3 aromatic rings. The second-order valence-corrected chi connectivity index (χ2v) is 9.98. The van der Waals surface area contributed by atoms with Crippen LogP contribution in [0.3, 0.4) is 0 Å². The molecule has 0 fully saturated rings. The molecule has 0 saturated carbocycles. The molecule has 0 unspecified atom stereocenters. The highest BCUT2D eigenvalue weighted by atomic mass is 32.9. The molecule has 2 aromatic carbocycles. The van der Waals surface area contributed by atoms with Gasteiger partial charge in [-0.3, -0.25) is 4.55 Å². The van der Waals surface area contributed by atoms with Gasteiger partial charge in [0.05, 0.1) is 9.77 Å². The summed E-state index contributed by atoms with van der Waals surface area (Å²) in [6.45, 7) is 2.07. The van der Waals surface area contributed by atoms with Crippen molar-refractivity contribution in [3.63, 3.8) is 0 Å². The lowest BCUT2D eigenvalue weighted by molar-refractivity contribution is 0.483. The molecule has 130 valence electrons. The van der Waals surface area contributed by atoms with Crippen LogP contribution in [0.5, 0.6) is 0 Å². The van der Waals surface area contributed by atoms with Gasteiger partial charge in [-0.25, -0.2) is 0 Å². The van der Waals surface area contributed by atoms with Crippen molar-refractivity contribution in [3.05, 3.63) is 69.0 Å². The Hall–Kier alpha value is -1.38. The molecule has 0 saturated heterocycles. The van der Waals surface area contributed by atoms with Crippen molar-refractivity contribution in [2.75, 3.05) is 0 Å². The van der Waals surface area contributed by atoms with Crippen molar-refractivity contribution in [1.29, 1.82) is 0 Å². The maximum Gasteiger partial charge on any atom is 0.294 e. The van der Waals surface area contributed by atoms with E-state index >= 15 is 0 Å². The minimum absolute atomic E-state index is 0.0849. The first-order valence-electron chi connectivity index (χ1n) is 7.60. The first kappa shape index (κ1) is 18.4. The minimum Gasteiger partial charge on any atom is -0.282 e. The summed E-state index contributed by atoms with van der Waals surface area (Å²) >= 11 is 5.50. The normalized spacial score (nSPS) is 11.6. The Kier molecular flexibility index (Phi) is 5.50. The van der Waals surface area contributed by atoms with E-state index in [1.807, 2.05) is 0 Å². The molecule has 0 aliphatic carbocycles. The Morgan fingerprint density at radius 2 is 1.60 bits per heavy atom. The molecule has 7 heteroatoms. The highest BCUT2D eigenvalue weighted by molar-refractivity contribution is 7.85. The number of hydrogen-bond acceptors (Lipinski definition) is 5. The standard InChI is InChI=1S/C18H16O3S4/c1-12-2-7-14(8-3-12)17-16(18(22)24-23-17)11-6-13-4-9-15(10-5-13)25(19,20)21/h2-5,7-10H,6,11H2,1H3,(H,19,20,21). The van der Waals surface area contributed by atoms with Gasteiger partial charge in [0, 0.05) is 5.56 Å². The van der Waals surface area contributed by atoms with Crippen molar-refractivity contribution in [1.82, 2.24) is 0 Å². The van der Waals surface area contributed by atoms with Gasteiger partial charge >= 0.3 is 0 Å². The van der Waals surface area contributed by atoms with E-state index in [1.165, 1.54) is 33.7 Å². The van der Waals surface area contributed by atoms with Crippen molar-refractivity contribution in [3.8, 4) is 10.4 Å². The SMILES string of the molecule is Cc1ccc(-c2ssc(=S)c2CCc2ccc(S(=O)(=O)O)cc2)cc1. The number of rotatable bonds is 5. The fraction of sp³-hybridized carbons (Fsp3) is 0.167. The topological polar surface area (TPSA) is 54.4 Å². The largest absolute Gasteiger partial charge is 0.294 e. The molecule has 0 aliphatic rings. The summed E-state index contributed by atoms with van der Waals surface area (Å²) in [4.78, 5) is 1.13. The Morgan fingerprint density at radius 1 is 0.960 bits per heavy atom. The van der Waals surface area contributed by atoms with Crippen LogP contribution in [0.1, 0.15) is 16.7 Å². The summed E-state index contributed by atoms with van der Waals surface area (Å²) in [6.07, 6.45) is 1.56. The van der Waals surface area contributed by atoms with Gasteiger partial charge in [-0.1, -0.05) is 74.9 Å². The van der Waals surface area contributed by atoms with E-state index in [4.69, 9.17) is 16.8 Å². The molecule has 1 N–H and O–H groups in total. The Labute approximate surface area is 159 Å². The number of aryl methyl sites for hydroxylation is 2. The highest BCUT2D eigenvalue weighted by Crippen LogP contribution is 2.35. The van der Waals surface area contributed by atoms with Crippen LogP contribution in [0.15, 0.2) is 53.4 Å². The molecule has 0 radical (unpaired) electrons. The number of benzene rings is 2. The molecule has 3 nitrogen and oxygen atoms in total. The first-order valence-corrected chi connectivity index (χ1v) is 11.6. The van der Waals surface area contributed by atoms with Crippen molar-refractivity contribution < 1.29 is 13.0 Å². The smallest absolute Gasteiger partial charge is 0.282 e. The van der Waals surface area contributed by atoms with Gasteiger partial charge in [-0.2, -0.15) is 8.42 Å². The third-order valence-electron chi connectivity index (χ3n) is 3.92. The molecule has 3 rings (SSSR count). The molecular weight excluding hydrogens is 392 g/mol. The fourth-order valence-electron chi connectivity index (χ4n) is 2.51. The summed E-state index contributed by atoms with van der Waals surface area (Å²) in [7, 11) is -0.828. The van der Waals surface area contributed by atoms with Crippen LogP contribution in [0.25, 0.3) is 10.4 Å². The van der Waals surface area contributed by atoms with Crippen LogP contribution in [0, 0.1) is 10.7 Å². The van der Waals surface area contributed by atoms with Crippen LogP contribution in [0.4, 0.5) is 0 Å². The maximum atomic E-state index is 11.1. The molecular formula is C18H16O3S4. The lowest BCUT2D eigenvalue weighted by Gasteiger charge is -2.05. The Bertz CT molecular complexity index is 1030. The summed E-state index contributed by atoms with van der Waals surface area (Å²) < 4.78 is 32.2. The molecule has 0 spiro atoms. The average molecular weight is 409 g/mol. The second kappa shape index (κ2) is 7.47. The highest BCUT2D eigenvalue weighted by Gasteiger charge is 2.12. The van der Waals surface area contributed by atoms with Crippen LogP contribution >= 0.6 is 32.9 Å². The van der Waals surface area contributed by atoms with Crippen LogP contribution < -0.4 is 0 Å². The molecule has 1 aromatic heterocycles. The quantitative estimate of drug-likeness (QED) is 0.342. The molecule has 0 aliphatic heterocycles. The van der Waals surface area contributed by atoms with Gasteiger partial charge < -0.3 is 0 Å². The van der Waals surface area contributed by atoms with Gasteiger partial charge in [-0.05, 0) is 43.0 Å². The van der Waals surface area contributed by atoms with E-state index in [2.05, 4.69) is 31.2 Å². The lowest BCUT2D eigenvalue weighted by Crippen LogP contribution is -1.98. The van der Waals surface area contributed by atoms with E-state index in [9.17, 15) is 8.42 Å². The van der Waals surface area contributed by atoms with E-state index in [0.717, 1.165) is 22.2 Å². The third kappa shape index (κ3) is 4.43. The Morgan fingerprint density at radius 3 is 2.20 bits per heavy atom. The van der Waals surface area contributed by atoms with Gasteiger partial charge in [-0.15, -0.1) is 0 Å². The lowest BCUT2D eigenvalue weighted by atomic mass is 10.0. The third-order valence-corrected chi connectivity index (χ3v) is 7.98. The molecule has 25 heavy (non-hydrogen) atoms. The zero-order valence-corrected chi connectivity index (χ0v) is 16.7. The predicted octanol–water partition coefficient (Wildman–Crippen LogP) is 5.55. The zero-order valence-electron chi connectivity index (χ0n) is 13.4. The van der Waals surface area contributed by atoms with Crippen molar-refractivity contribution in [2.24, 2.45) is 0 Å². The van der Waals surface area contributed by atoms with Gasteiger partial charge in [0.25, 0.3) is 10.1 Å². The molecule has 0 atom stereocenters. The summed E-state index contributed by atoms with van der Waals surface area (Å²) in [6, 6.07) is 14.7. The van der Waals surface area contributed by atoms with Crippen LogP contribution in [-0.4, -0.2) is 13.0 Å². The first-order chi connectivity index (χ1) is 11.8. The van der Waals surface area contributed by atoms with Crippen molar-refractivity contribution >= 4 is 43.0 Å². The second-order valence-electron chi connectivity index (χ2n) is 5.75. The predicted molar refractivity (Wildman–Crippen MR) is 107 cm³/mol. The van der Waals surface area contributed by atoms with E-state index < -0.39 is 10.1 Å². The maximum absolute atomic E-state index is 11.1. The van der Waals surface area contributed by atoms with Gasteiger partial charge in [0.2, 0.25) is 0 Å². The Balaban J connectivity index is 1.81. The van der Waals surface area contributed by atoms with E-state index in [-0.39, 0.29) is 4.90 Å².